The van der Waals surface area contributed by atoms with Gasteiger partial charge in [0.15, 0.2) is 5.78 Å². The molecule has 17 heavy (non-hydrogen) atoms. The van der Waals surface area contributed by atoms with Crippen LogP contribution in [0.25, 0.3) is 0 Å². The summed E-state index contributed by atoms with van der Waals surface area (Å²) in [5.74, 6) is 0.120. The van der Waals surface area contributed by atoms with Gasteiger partial charge < -0.3 is 4.74 Å². The summed E-state index contributed by atoms with van der Waals surface area (Å²) in [4.78, 5) is 16.2. The van der Waals surface area contributed by atoms with E-state index < -0.39 is 0 Å². The normalized spacial score (nSPS) is 13.6. The predicted molar refractivity (Wildman–Crippen MR) is 65.1 cm³/mol. The molecule has 0 amide bonds. The fourth-order valence-electron chi connectivity index (χ4n) is 1.93. The highest BCUT2D eigenvalue weighted by Crippen LogP contribution is 2.21. The highest BCUT2D eigenvalue weighted by Gasteiger charge is 2.15. The van der Waals surface area contributed by atoms with Crippen LogP contribution in [0.2, 0.25) is 0 Å². The lowest BCUT2D eigenvalue weighted by Gasteiger charge is -2.02. The lowest BCUT2D eigenvalue weighted by Crippen LogP contribution is -2.04. The molecular weight excluding hydrogens is 234 g/mol. The number of ether oxygens (including phenoxy) is 1. The molecule has 0 atom stereocenters. The zero-order valence-electron chi connectivity index (χ0n) is 9.18. The number of fused-ring (bicyclic) bond motifs is 1. The Balaban J connectivity index is 1.82. The molecule has 1 aromatic carbocycles. The van der Waals surface area contributed by atoms with Crippen LogP contribution >= 0.6 is 11.3 Å². The third kappa shape index (κ3) is 2.14. The number of carbonyl (C=O) groups is 1. The second-order valence-electron chi connectivity index (χ2n) is 4.00. The average Bonchev–Trinajstić information content (AvgIpc) is 2.97. The first kappa shape index (κ1) is 10.6. The fourth-order valence-corrected chi connectivity index (χ4v) is 2.54. The fraction of sp³-hybridized carbons (Fsp3) is 0.231. The molecular formula is C13H11NO2S. The number of benzene rings is 1. The summed E-state index contributed by atoms with van der Waals surface area (Å²) in [5, 5.41) is 2.76. The minimum Gasteiger partial charge on any atom is -0.372 e. The lowest BCUT2D eigenvalue weighted by atomic mass is 10.0. The first-order valence-corrected chi connectivity index (χ1v) is 6.32. The van der Waals surface area contributed by atoms with Crippen LogP contribution in [-0.2, 0) is 24.4 Å². The van der Waals surface area contributed by atoms with Gasteiger partial charge in [-0.2, -0.15) is 0 Å². The summed E-state index contributed by atoms with van der Waals surface area (Å²) in [6.07, 6.45) is 2.11. The molecule has 1 aliphatic heterocycles. The quantitative estimate of drug-likeness (QED) is 0.780. The third-order valence-electron chi connectivity index (χ3n) is 2.84. The van der Waals surface area contributed by atoms with Gasteiger partial charge in [-0.1, -0.05) is 12.1 Å². The highest BCUT2D eigenvalue weighted by atomic mass is 32.1. The molecule has 0 saturated carbocycles. The van der Waals surface area contributed by atoms with Crippen molar-refractivity contribution in [3.63, 3.8) is 0 Å². The largest absolute Gasteiger partial charge is 0.372 e. The minimum absolute atomic E-state index is 0.120. The van der Waals surface area contributed by atoms with Crippen LogP contribution in [0.3, 0.4) is 0 Å². The second-order valence-corrected chi connectivity index (χ2v) is 4.98. The monoisotopic (exact) mass is 245 g/mol. The Labute approximate surface area is 103 Å². The van der Waals surface area contributed by atoms with E-state index >= 15 is 0 Å². The number of carbonyl (C=O) groups excluding carboxylic acids is 1. The summed E-state index contributed by atoms with van der Waals surface area (Å²) < 4.78 is 5.33. The molecule has 1 aromatic heterocycles. The minimum atomic E-state index is 0.120. The van der Waals surface area contributed by atoms with Gasteiger partial charge in [-0.15, -0.1) is 11.3 Å². The highest BCUT2D eigenvalue weighted by molar-refractivity contribution is 7.09. The van der Waals surface area contributed by atoms with Crippen molar-refractivity contribution in [2.75, 3.05) is 0 Å². The number of thiazole rings is 1. The van der Waals surface area contributed by atoms with Gasteiger partial charge in [0.05, 0.1) is 19.6 Å². The number of Topliss-reactive ketones (excluding diaryl/α,β-unsaturated/α-hetero) is 1. The third-order valence-corrected chi connectivity index (χ3v) is 3.62. The number of aromatic nitrogens is 1. The van der Waals surface area contributed by atoms with Crippen LogP contribution in [0.15, 0.2) is 29.8 Å². The zero-order valence-corrected chi connectivity index (χ0v) is 10.00. The maximum atomic E-state index is 12.0. The van der Waals surface area contributed by atoms with Crippen molar-refractivity contribution in [2.24, 2.45) is 0 Å². The molecule has 3 nitrogen and oxygen atoms in total. The summed E-state index contributed by atoms with van der Waals surface area (Å²) in [6, 6.07) is 5.80. The van der Waals surface area contributed by atoms with E-state index in [9.17, 15) is 4.79 Å². The first-order valence-electron chi connectivity index (χ1n) is 5.44. The van der Waals surface area contributed by atoms with Gasteiger partial charge in [-0.25, -0.2) is 4.98 Å². The molecule has 3 rings (SSSR count). The van der Waals surface area contributed by atoms with Crippen molar-refractivity contribution < 1.29 is 9.53 Å². The molecule has 0 spiro atoms. The van der Waals surface area contributed by atoms with Crippen molar-refractivity contribution >= 4 is 17.1 Å². The van der Waals surface area contributed by atoms with Gasteiger partial charge >= 0.3 is 0 Å². The van der Waals surface area contributed by atoms with Gasteiger partial charge in [0.25, 0.3) is 0 Å². The van der Waals surface area contributed by atoms with Crippen LogP contribution in [0.4, 0.5) is 0 Å². The Morgan fingerprint density at radius 3 is 3.06 bits per heavy atom. The number of hydrogen-bond acceptors (Lipinski definition) is 4. The van der Waals surface area contributed by atoms with E-state index in [2.05, 4.69) is 4.98 Å². The molecule has 0 aliphatic carbocycles. The van der Waals surface area contributed by atoms with Crippen LogP contribution in [0, 0.1) is 0 Å². The molecule has 0 radical (unpaired) electrons. The van der Waals surface area contributed by atoms with E-state index in [4.69, 9.17) is 4.74 Å². The van der Waals surface area contributed by atoms with E-state index in [-0.39, 0.29) is 5.78 Å². The maximum absolute atomic E-state index is 12.0. The predicted octanol–water partition coefficient (Wildman–Crippen LogP) is 2.60. The number of ketones is 1. The molecule has 2 heterocycles. The average molecular weight is 245 g/mol. The van der Waals surface area contributed by atoms with Crippen molar-refractivity contribution in [1.29, 1.82) is 0 Å². The van der Waals surface area contributed by atoms with Gasteiger partial charge in [-0.05, 0) is 17.2 Å². The molecule has 86 valence electrons. The zero-order chi connectivity index (χ0) is 11.7. The smallest absolute Gasteiger partial charge is 0.169 e. The van der Waals surface area contributed by atoms with Crippen LogP contribution in [0.5, 0.6) is 0 Å². The van der Waals surface area contributed by atoms with Crippen molar-refractivity contribution in [3.05, 3.63) is 51.5 Å². The molecule has 0 unspecified atom stereocenters. The Morgan fingerprint density at radius 1 is 1.35 bits per heavy atom. The molecule has 2 aromatic rings. The number of rotatable bonds is 3. The van der Waals surface area contributed by atoms with Crippen molar-refractivity contribution in [2.45, 2.75) is 19.6 Å². The molecule has 0 saturated heterocycles. The summed E-state index contributed by atoms with van der Waals surface area (Å²) >= 11 is 1.51. The van der Waals surface area contributed by atoms with E-state index in [1.54, 1.807) is 6.20 Å². The standard InChI is InChI=1S/C13H11NO2S/c15-12(6-13-14-3-4-17-13)9-1-2-10-7-16-8-11(10)5-9/h1-5H,6-8H2. The van der Waals surface area contributed by atoms with Crippen LogP contribution < -0.4 is 0 Å². The van der Waals surface area contributed by atoms with Gasteiger partial charge in [0.1, 0.15) is 5.01 Å². The second kappa shape index (κ2) is 4.39. The van der Waals surface area contributed by atoms with Gasteiger partial charge in [0.2, 0.25) is 0 Å². The lowest BCUT2D eigenvalue weighted by molar-refractivity contribution is 0.0992. The number of nitrogens with zero attached hydrogens (tertiary/aromatic N) is 1. The molecule has 1 aliphatic rings. The summed E-state index contributed by atoms with van der Waals surface area (Å²) in [5.41, 5.74) is 3.08. The Hall–Kier alpha value is -1.52. The van der Waals surface area contributed by atoms with E-state index in [0.717, 1.165) is 16.1 Å². The summed E-state index contributed by atoms with van der Waals surface area (Å²) in [6.45, 7) is 1.28. The van der Waals surface area contributed by atoms with Crippen molar-refractivity contribution in [1.82, 2.24) is 4.98 Å². The Kier molecular flexibility index (Phi) is 2.74. The molecule has 0 fully saturated rings. The number of hydrogen-bond donors (Lipinski definition) is 0. The summed E-state index contributed by atoms with van der Waals surface area (Å²) in [7, 11) is 0. The van der Waals surface area contributed by atoms with E-state index in [1.807, 2.05) is 23.6 Å². The maximum Gasteiger partial charge on any atom is 0.169 e. The topological polar surface area (TPSA) is 39.2 Å². The Morgan fingerprint density at radius 2 is 2.24 bits per heavy atom. The first-order chi connectivity index (χ1) is 8.33. The SMILES string of the molecule is O=C(Cc1nccs1)c1ccc2c(c1)COC2. The van der Waals surface area contributed by atoms with Gasteiger partial charge in [-0.3, -0.25) is 4.79 Å². The molecule has 0 N–H and O–H groups in total. The Bertz CT molecular complexity index is 549. The van der Waals surface area contributed by atoms with Gasteiger partial charge in [0, 0.05) is 17.1 Å². The van der Waals surface area contributed by atoms with Crippen molar-refractivity contribution in [3.8, 4) is 0 Å². The molecule has 4 heteroatoms. The molecule has 0 bridgehead atoms. The van der Waals surface area contributed by atoms with Crippen LogP contribution in [-0.4, -0.2) is 10.8 Å². The van der Waals surface area contributed by atoms with Crippen LogP contribution in [0.1, 0.15) is 26.5 Å². The van der Waals surface area contributed by atoms with E-state index in [1.165, 1.54) is 16.9 Å². The van der Waals surface area contributed by atoms with E-state index in [0.29, 0.717) is 19.6 Å².